The molecule has 0 amide bonds. The van der Waals surface area contributed by atoms with Crippen molar-refractivity contribution in [3.8, 4) is 17.2 Å². The molecule has 29 heavy (non-hydrogen) atoms. The highest BCUT2D eigenvalue weighted by atomic mass is 32.2. The average Bonchev–Trinajstić information content (AvgIpc) is 3.43. The summed E-state index contributed by atoms with van der Waals surface area (Å²) in [6.45, 7) is 1.55. The maximum atomic E-state index is 12.7. The van der Waals surface area contributed by atoms with Crippen LogP contribution in [-0.2, 0) is 16.0 Å². The summed E-state index contributed by atoms with van der Waals surface area (Å²) in [4.78, 5) is 8.53. The van der Waals surface area contributed by atoms with E-state index in [2.05, 4.69) is 15.1 Å². The number of hydrogen-bond acceptors (Lipinski definition) is 5. The van der Waals surface area contributed by atoms with Crippen LogP contribution in [0, 0.1) is 0 Å². The van der Waals surface area contributed by atoms with Gasteiger partial charge in [-0.05, 0) is 54.7 Å². The van der Waals surface area contributed by atoms with Crippen LogP contribution in [-0.4, -0.2) is 33.9 Å². The van der Waals surface area contributed by atoms with E-state index in [4.69, 9.17) is 0 Å². The fraction of sp³-hybridized carbons (Fsp3) is 0.316. The molecule has 1 aromatic carbocycles. The lowest BCUT2D eigenvalue weighted by atomic mass is 10.2. The Morgan fingerprint density at radius 1 is 1.14 bits per heavy atom. The number of aromatic nitrogens is 4. The maximum absolute atomic E-state index is 12.7. The van der Waals surface area contributed by atoms with Gasteiger partial charge in [0.05, 0.1) is 21.9 Å². The highest BCUT2D eigenvalue weighted by Gasteiger charge is 2.30. The molecule has 1 aliphatic carbocycles. The number of hydrogen-bond donors (Lipinski definition) is 0. The molecule has 0 unspecified atom stereocenters. The Labute approximate surface area is 165 Å². The minimum absolute atomic E-state index is 0.0783. The van der Waals surface area contributed by atoms with E-state index >= 15 is 0 Å². The van der Waals surface area contributed by atoms with Crippen LogP contribution in [0.15, 0.2) is 47.8 Å². The summed E-state index contributed by atoms with van der Waals surface area (Å²) in [5.41, 5.74) is 0.617. The molecule has 4 rings (SSSR count). The highest BCUT2D eigenvalue weighted by molar-refractivity contribution is 7.91. The summed E-state index contributed by atoms with van der Waals surface area (Å²) in [6.07, 6.45) is 0.542. The first-order chi connectivity index (χ1) is 13.7. The van der Waals surface area contributed by atoms with E-state index in [-0.39, 0.29) is 22.2 Å². The van der Waals surface area contributed by atoms with Crippen molar-refractivity contribution in [2.45, 2.75) is 36.8 Å². The smallest absolute Gasteiger partial charge is 0.251 e. The summed E-state index contributed by atoms with van der Waals surface area (Å²) >= 11 is 0. The fourth-order valence-electron chi connectivity index (χ4n) is 2.96. The van der Waals surface area contributed by atoms with Gasteiger partial charge in [0, 0.05) is 6.20 Å². The van der Waals surface area contributed by atoms with Gasteiger partial charge in [-0.2, -0.15) is 13.2 Å². The topological polar surface area (TPSA) is 77.7 Å². The molecule has 2 heterocycles. The van der Waals surface area contributed by atoms with Gasteiger partial charge in [0.25, 0.3) is 0 Å². The standard InChI is InChI=1S/C19H17F3N4O2S/c1-2-29(27,28)16-9-13(12-3-4-12)10-23-17(16)18-24-11-26(25-18)15-7-5-14(6-8-15)19(20,21)22/h5-12H,2-4H2,1H3. The average molecular weight is 422 g/mol. The van der Waals surface area contributed by atoms with Gasteiger partial charge in [0.15, 0.2) is 9.84 Å². The van der Waals surface area contributed by atoms with Crippen molar-refractivity contribution in [1.82, 2.24) is 19.7 Å². The van der Waals surface area contributed by atoms with Crippen LogP contribution in [0.1, 0.15) is 36.8 Å². The van der Waals surface area contributed by atoms with E-state index in [1.165, 1.54) is 23.1 Å². The molecule has 0 N–H and O–H groups in total. The minimum Gasteiger partial charge on any atom is -0.251 e. The van der Waals surface area contributed by atoms with E-state index in [1.807, 2.05) is 0 Å². The number of sulfone groups is 1. The second kappa shape index (κ2) is 6.94. The lowest BCUT2D eigenvalue weighted by Crippen LogP contribution is -2.08. The van der Waals surface area contributed by atoms with Crippen molar-refractivity contribution in [2.75, 3.05) is 5.75 Å². The number of halogens is 3. The number of alkyl halides is 3. The minimum atomic E-state index is -4.43. The largest absolute Gasteiger partial charge is 0.416 e. The van der Waals surface area contributed by atoms with Gasteiger partial charge < -0.3 is 0 Å². The summed E-state index contributed by atoms with van der Waals surface area (Å²) in [6, 6.07) is 6.08. The van der Waals surface area contributed by atoms with Gasteiger partial charge in [-0.25, -0.2) is 18.1 Å². The molecule has 2 aromatic heterocycles. The van der Waals surface area contributed by atoms with E-state index in [1.54, 1.807) is 19.2 Å². The zero-order valence-corrected chi connectivity index (χ0v) is 16.2. The number of nitrogens with zero attached hydrogens (tertiary/aromatic N) is 4. The molecule has 1 fully saturated rings. The van der Waals surface area contributed by atoms with E-state index < -0.39 is 21.6 Å². The van der Waals surface area contributed by atoms with Crippen LogP contribution in [0.4, 0.5) is 13.2 Å². The molecule has 6 nitrogen and oxygen atoms in total. The van der Waals surface area contributed by atoms with Gasteiger partial charge in [0.1, 0.15) is 12.0 Å². The third kappa shape index (κ3) is 3.89. The van der Waals surface area contributed by atoms with Crippen molar-refractivity contribution >= 4 is 9.84 Å². The van der Waals surface area contributed by atoms with Crippen molar-refractivity contribution < 1.29 is 21.6 Å². The Morgan fingerprint density at radius 3 is 2.41 bits per heavy atom. The van der Waals surface area contributed by atoms with E-state index in [9.17, 15) is 21.6 Å². The van der Waals surface area contributed by atoms with Crippen molar-refractivity contribution in [2.24, 2.45) is 0 Å². The van der Waals surface area contributed by atoms with Crippen LogP contribution in [0.5, 0.6) is 0 Å². The SMILES string of the molecule is CCS(=O)(=O)c1cc(C2CC2)cnc1-c1ncn(-c2ccc(C(F)(F)F)cc2)n1. The first kappa shape index (κ1) is 19.6. The van der Waals surface area contributed by atoms with Crippen molar-refractivity contribution in [1.29, 1.82) is 0 Å². The Kier molecular flexibility index (Phi) is 4.68. The second-order valence-electron chi connectivity index (χ2n) is 6.85. The lowest BCUT2D eigenvalue weighted by molar-refractivity contribution is -0.137. The highest BCUT2D eigenvalue weighted by Crippen LogP contribution is 2.41. The predicted molar refractivity (Wildman–Crippen MR) is 99.3 cm³/mol. The van der Waals surface area contributed by atoms with Crippen LogP contribution in [0.25, 0.3) is 17.2 Å². The van der Waals surface area contributed by atoms with Crippen molar-refractivity contribution in [3.63, 3.8) is 0 Å². The van der Waals surface area contributed by atoms with Gasteiger partial charge in [0.2, 0.25) is 5.82 Å². The zero-order valence-electron chi connectivity index (χ0n) is 15.4. The molecule has 3 aromatic rings. The summed E-state index contributed by atoms with van der Waals surface area (Å²) < 4.78 is 64.7. The summed E-state index contributed by atoms with van der Waals surface area (Å²) in [5, 5.41) is 4.24. The van der Waals surface area contributed by atoms with Gasteiger partial charge in [-0.3, -0.25) is 4.98 Å². The molecule has 0 spiro atoms. The normalized spacial score (nSPS) is 14.9. The first-order valence-corrected chi connectivity index (χ1v) is 10.7. The molecule has 0 radical (unpaired) electrons. The molecule has 0 atom stereocenters. The molecule has 1 saturated carbocycles. The number of rotatable bonds is 5. The Hall–Kier alpha value is -2.75. The molecular formula is C19H17F3N4O2S. The van der Waals surface area contributed by atoms with Gasteiger partial charge in [-0.15, -0.1) is 5.10 Å². The molecule has 0 saturated heterocycles. The Morgan fingerprint density at radius 2 is 1.83 bits per heavy atom. The molecule has 0 aliphatic heterocycles. The van der Waals surface area contributed by atoms with Gasteiger partial charge >= 0.3 is 6.18 Å². The number of pyridine rings is 1. The van der Waals surface area contributed by atoms with Gasteiger partial charge in [-0.1, -0.05) is 6.92 Å². The summed E-state index contributed by atoms with van der Waals surface area (Å²) in [5.74, 6) is 0.342. The predicted octanol–water partition coefficient (Wildman–Crippen LogP) is 4.02. The quantitative estimate of drug-likeness (QED) is 0.621. The molecular weight excluding hydrogens is 405 g/mol. The van der Waals surface area contributed by atoms with E-state index in [0.29, 0.717) is 11.6 Å². The number of benzene rings is 1. The maximum Gasteiger partial charge on any atom is 0.416 e. The molecule has 0 bridgehead atoms. The van der Waals surface area contributed by atoms with Crippen LogP contribution >= 0.6 is 0 Å². The van der Waals surface area contributed by atoms with Crippen LogP contribution in [0.3, 0.4) is 0 Å². The van der Waals surface area contributed by atoms with Crippen molar-refractivity contribution in [3.05, 3.63) is 54.0 Å². The van der Waals surface area contributed by atoms with Crippen LogP contribution < -0.4 is 0 Å². The monoisotopic (exact) mass is 422 g/mol. The second-order valence-corrected chi connectivity index (χ2v) is 9.10. The molecule has 10 heteroatoms. The first-order valence-electron chi connectivity index (χ1n) is 9.01. The molecule has 1 aliphatic rings. The lowest BCUT2D eigenvalue weighted by Gasteiger charge is -2.09. The Bertz CT molecular complexity index is 1150. The zero-order chi connectivity index (χ0) is 20.8. The Balaban J connectivity index is 1.73. The third-order valence-electron chi connectivity index (χ3n) is 4.80. The molecule has 152 valence electrons. The summed E-state index contributed by atoms with van der Waals surface area (Å²) in [7, 11) is -3.56. The van der Waals surface area contributed by atoms with Crippen LogP contribution in [0.2, 0.25) is 0 Å². The van der Waals surface area contributed by atoms with E-state index in [0.717, 1.165) is 30.5 Å². The fourth-order valence-corrected chi connectivity index (χ4v) is 4.02. The third-order valence-corrected chi connectivity index (χ3v) is 6.54.